The lowest BCUT2D eigenvalue weighted by molar-refractivity contribution is 0.483. The van der Waals surface area contributed by atoms with E-state index in [4.69, 9.17) is 8.97 Å². The predicted octanol–water partition coefficient (Wildman–Crippen LogP) is 2.83. The normalized spacial score (nSPS) is 12.3. The number of hydrogen-bond acceptors (Lipinski definition) is 3. The molecule has 0 aliphatic rings. The Bertz CT molecular complexity index is 815. The van der Waals surface area contributed by atoms with Crippen LogP contribution in [0.1, 0.15) is 0 Å². The molecule has 3 aromatic rings. The van der Waals surface area contributed by atoms with Crippen LogP contribution < -0.4 is 0 Å². The summed E-state index contributed by atoms with van der Waals surface area (Å²) in [4.78, 5) is -0.128. The molecule has 5 heteroatoms. The number of benzene rings is 2. The number of hydrogen-bond donors (Lipinski definition) is 1. The molecule has 0 spiro atoms. The second-order valence-corrected chi connectivity index (χ2v) is 5.15. The number of para-hydroxylation sites is 1. The minimum absolute atomic E-state index is 0.128. The van der Waals surface area contributed by atoms with Gasteiger partial charge in [-0.15, -0.1) is 0 Å². The first-order chi connectivity index (χ1) is 8.05. The van der Waals surface area contributed by atoms with Gasteiger partial charge in [-0.2, -0.15) is 8.42 Å². The summed E-state index contributed by atoms with van der Waals surface area (Å²) >= 11 is 0. The van der Waals surface area contributed by atoms with Crippen LogP contribution in [0, 0.1) is 0 Å². The second kappa shape index (κ2) is 3.32. The highest BCUT2D eigenvalue weighted by Crippen LogP contribution is 2.29. The smallest absolute Gasteiger partial charge is 0.294 e. The van der Waals surface area contributed by atoms with Gasteiger partial charge in [0.2, 0.25) is 0 Å². The van der Waals surface area contributed by atoms with Crippen molar-refractivity contribution < 1.29 is 17.4 Å². The van der Waals surface area contributed by atoms with E-state index in [1.807, 2.05) is 24.3 Å². The SMILES string of the molecule is O=S(=O)(O)c1ccc2oc3ccccc3c2c1. The van der Waals surface area contributed by atoms with Crippen molar-refractivity contribution in [2.75, 3.05) is 0 Å². The van der Waals surface area contributed by atoms with E-state index in [2.05, 4.69) is 0 Å². The molecular formula is C12H8O4S. The van der Waals surface area contributed by atoms with Crippen LogP contribution in [0.4, 0.5) is 0 Å². The predicted molar refractivity (Wildman–Crippen MR) is 63.5 cm³/mol. The van der Waals surface area contributed by atoms with Gasteiger partial charge in [0.05, 0.1) is 4.90 Å². The van der Waals surface area contributed by atoms with Crippen molar-refractivity contribution in [1.29, 1.82) is 0 Å². The molecule has 1 N–H and O–H groups in total. The molecule has 0 amide bonds. The van der Waals surface area contributed by atoms with Gasteiger partial charge >= 0.3 is 0 Å². The fraction of sp³-hybridized carbons (Fsp3) is 0. The van der Waals surface area contributed by atoms with Gasteiger partial charge in [0, 0.05) is 10.8 Å². The van der Waals surface area contributed by atoms with Gasteiger partial charge in [-0.3, -0.25) is 4.55 Å². The number of rotatable bonds is 1. The third kappa shape index (κ3) is 1.60. The zero-order valence-electron chi connectivity index (χ0n) is 8.62. The van der Waals surface area contributed by atoms with Gasteiger partial charge in [0.15, 0.2) is 0 Å². The molecule has 4 nitrogen and oxygen atoms in total. The van der Waals surface area contributed by atoms with E-state index in [0.717, 1.165) is 5.39 Å². The second-order valence-electron chi connectivity index (χ2n) is 3.73. The Balaban J connectivity index is 2.46. The van der Waals surface area contributed by atoms with Crippen molar-refractivity contribution in [2.24, 2.45) is 0 Å². The van der Waals surface area contributed by atoms with Crippen LogP contribution >= 0.6 is 0 Å². The van der Waals surface area contributed by atoms with Crippen molar-refractivity contribution >= 4 is 32.1 Å². The topological polar surface area (TPSA) is 67.5 Å². The summed E-state index contributed by atoms with van der Waals surface area (Å²) in [6.45, 7) is 0. The summed E-state index contributed by atoms with van der Waals surface area (Å²) in [5.41, 5.74) is 1.29. The zero-order chi connectivity index (χ0) is 12.0. The van der Waals surface area contributed by atoms with Crippen LogP contribution in [0.2, 0.25) is 0 Å². The van der Waals surface area contributed by atoms with Crippen molar-refractivity contribution in [3.63, 3.8) is 0 Å². The molecule has 86 valence electrons. The Morgan fingerprint density at radius 3 is 2.41 bits per heavy atom. The Kier molecular flexibility index (Phi) is 2.01. The van der Waals surface area contributed by atoms with Crippen LogP contribution in [0.3, 0.4) is 0 Å². The molecule has 1 aromatic heterocycles. The molecule has 1 heterocycles. The van der Waals surface area contributed by atoms with Crippen molar-refractivity contribution in [1.82, 2.24) is 0 Å². The van der Waals surface area contributed by atoms with Crippen molar-refractivity contribution in [3.8, 4) is 0 Å². The molecule has 2 aromatic carbocycles. The minimum atomic E-state index is -4.18. The highest BCUT2D eigenvalue weighted by Gasteiger charge is 2.13. The first kappa shape index (κ1) is 10.3. The molecule has 0 saturated carbocycles. The van der Waals surface area contributed by atoms with Gasteiger partial charge in [0.25, 0.3) is 10.1 Å². The van der Waals surface area contributed by atoms with E-state index in [1.165, 1.54) is 12.1 Å². The van der Waals surface area contributed by atoms with Gasteiger partial charge in [-0.05, 0) is 24.3 Å². The Hall–Kier alpha value is -1.85. The lowest BCUT2D eigenvalue weighted by atomic mass is 10.1. The standard InChI is InChI=1S/C12H8O4S/c13-17(14,15)8-5-6-12-10(7-8)9-3-1-2-4-11(9)16-12/h1-7H,(H,13,14,15). The average molecular weight is 248 g/mol. The highest BCUT2D eigenvalue weighted by molar-refractivity contribution is 7.85. The number of furan rings is 1. The van der Waals surface area contributed by atoms with Crippen LogP contribution in [0.15, 0.2) is 51.8 Å². The third-order valence-electron chi connectivity index (χ3n) is 2.65. The first-order valence-corrected chi connectivity index (χ1v) is 6.38. The molecule has 0 aliphatic carbocycles. The minimum Gasteiger partial charge on any atom is -0.456 e. The van der Waals surface area contributed by atoms with Crippen LogP contribution in [-0.2, 0) is 10.1 Å². The van der Waals surface area contributed by atoms with E-state index in [1.54, 1.807) is 6.07 Å². The van der Waals surface area contributed by atoms with Crippen LogP contribution in [0.25, 0.3) is 21.9 Å². The molecule has 17 heavy (non-hydrogen) atoms. The molecule has 0 aliphatic heterocycles. The van der Waals surface area contributed by atoms with Gasteiger partial charge in [-0.25, -0.2) is 0 Å². The summed E-state index contributed by atoms with van der Waals surface area (Å²) in [6.07, 6.45) is 0. The third-order valence-corrected chi connectivity index (χ3v) is 3.50. The highest BCUT2D eigenvalue weighted by atomic mass is 32.2. The maximum absolute atomic E-state index is 11.1. The molecule has 3 rings (SSSR count). The fourth-order valence-corrected chi connectivity index (χ4v) is 2.37. The maximum atomic E-state index is 11.1. The lowest BCUT2D eigenvalue weighted by Gasteiger charge is -1.95. The molecular weight excluding hydrogens is 240 g/mol. The van der Waals surface area contributed by atoms with Crippen LogP contribution in [-0.4, -0.2) is 13.0 Å². The molecule has 0 atom stereocenters. The molecule has 0 saturated heterocycles. The summed E-state index contributed by atoms with van der Waals surface area (Å²) in [5.74, 6) is 0. The molecule has 0 fully saturated rings. The van der Waals surface area contributed by atoms with Crippen molar-refractivity contribution in [2.45, 2.75) is 4.90 Å². The van der Waals surface area contributed by atoms with E-state index < -0.39 is 10.1 Å². The Labute approximate surface area is 97.2 Å². The summed E-state index contributed by atoms with van der Waals surface area (Å²) < 4.78 is 36.7. The molecule has 0 radical (unpaired) electrons. The fourth-order valence-electron chi connectivity index (χ4n) is 1.87. The van der Waals surface area contributed by atoms with E-state index in [-0.39, 0.29) is 4.90 Å². The largest absolute Gasteiger partial charge is 0.456 e. The summed E-state index contributed by atoms with van der Waals surface area (Å²) in [6, 6.07) is 11.6. The van der Waals surface area contributed by atoms with Crippen molar-refractivity contribution in [3.05, 3.63) is 42.5 Å². The van der Waals surface area contributed by atoms with Crippen LogP contribution in [0.5, 0.6) is 0 Å². The Morgan fingerprint density at radius 1 is 0.941 bits per heavy atom. The quantitative estimate of drug-likeness (QED) is 0.672. The zero-order valence-corrected chi connectivity index (χ0v) is 9.44. The first-order valence-electron chi connectivity index (χ1n) is 4.94. The molecule has 0 unspecified atom stereocenters. The van der Waals surface area contributed by atoms with E-state index >= 15 is 0 Å². The van der Waals surface area contributed by atoms with E-state index in [9.17, 15) is 8.42 Å². The average Bonchev–Trinajstić information content (AvgIpc) is 2.65. The molecule has 0 bridgehead atoms. The monoisotopic (exact) mass is 248 g/mol. The summed E-state index contributed by atoms with van der Waals surface area (Å²) in [5, 5.41) is 1.50. The van der Waals surface area contributed by atoms with Gasteiger partial charge in [-0.1, -0.05) is 18.2 Å². The number of fused-ring (bicyclic) bond motifs is 3. The lowest BCUT2D eigenvalue weighted by Crippen LogP contribution is -1.96. The summed E-state index contributed by atoms with van der Waals surface area (Å²) in [7, 11) is -4.18. The Morgan fingerprint density at radius 2 is 1.65 bits per heavy atom. The maximum Gasteiger partial charge on any atom is 0.294 e. The van der Waals surface area contributed by atoms with Gasteiger partial charge < -0.3 is 4.42 Å². The van der Waals surface area contributed by atoms with Gasteiger partial charge in [0.1, 0.15) is 11.2 Å². The van der Waals surface area contributed by atoms with E-state index in [0.29, 0.717) is 16.6 Å².